The van der Waals surface area contributed by atoms with Gasteiger partial charge in [-0.1, -0.05) is 50.0 Å². The molecule has 4 aromatic rings. The lowest BCUT2D eigenvalue weighted by molar-refractivity contribution is -0.159. The van der Waals surface area contributed by atoms with E-state index in [2.05, 4.69) is 19.4 Å². The number of fused-ring (bicyclic) bond motifs is 6. The number of Topliss-reactive ketones (excluding diaryl/α,β-unsaturated/α-hetero) is 2. The zero-order chi connectivity index (χ0) is 71.6. The summed E-state index contributed by atoms with van der Waals surface area (Å²) in [7, 11) is -7.63. The molecule has 6 heterocycles. The number of ketones is 2. The van der Waals surface area contributed by atoms with Crippen molar-refractivity contribution < 1.29 is 92.1 Å². The normalized spacial score (nSPS) is 28.6. The third-order valence-corrected chi connectivity index (χ3v) is 23.1. The number of amides is 4. The van der Waals surface area contributed by atoms with Gasteiger partial charge in [0.05, 0.1) is 58.9 Å². The Labute approximate surface area is 579 Å². The Bertz CT molecular complexity index is 4030. The van der Waals surface area contributed by atoms with Gasteiger partial charge >= 0.3 is 18.0 Å². The van der Waals surface area contributed by atoms with Crippen LogP contribution in [0.4, 0.5) is 8.78 Å². The number of carbonyl (C=O) groups is 8. The summed E-state index contributed by atoms with van der Waals surface area (Å²) in [6.07, 6.45) is 15.0. The molecular weight excluding hydrogens is 1350 g/mol. The maximum atomic E-state index is 14.3. The number of ether oxygens (including phenoxy) is 3. The topological polar surface area (TPSA) is 335 Å². The highest BCUT2D eigenvalue weighted by Crippen LogP contribution is 2.59. The highest BCUT2D eigenvalue weighted by atomic mass is 35.5. The quantitative estimate of drug-likeness (QED) is 0.0877. The molecule has 0 spiro atoms. The number of benzene rings is 2. The molecule has 24 nitrogen and oxygen atoms in total. The predicted octanol–water partition coefficient (Wildman–Crippen LogP) is 9.77. The number of rotatable bonds is 12. The van der Waals surface area contributed by atoms with Gasteiger partial charge in [0.15, 0.2) is 22.7 Å². The van der Waals surface area contributed by atoms with Crippen molar-refractivity contribution in [3.63, 3.8) is 0 Å². The lowest BCUT2D eigenvalue weighted by atomic mass is 9.90. The monoisotopic (exact) mass is 1440 g/mol. The largest absolute Gasteiger partial charge is 0.460 e. The van der Waals surface area contributed by atoms with E-state index in [0.717, 1.165) is 44.9 Å². The Morgan fingerprint density at radius 2 is 1.07 bits per heavy atom. The van der Waals surface area contributed by atoms with E-state index in [4.69, 9.17) is 34.6 Å². The summed E-state index contributed by atoms with van der Waals surface area (Å²) in [5.74, 6) is -6.82. The molecule has 99 heavy (non-hydrogen) atoms. The fraction of sp³-hybridized carbons (Fsp3) is 0.629. The smallest absolute Gasteiger partial charge is 0.394 e. The second-order valence-corrected chi connectivity index (χ2v) is 34.0. The van der Waals surface area contributed by atoms with Gasteiger partial charge < -0.3 is 38.0 Å². The Balaban J connectivity index is 0.000000188. The van der Waals surface area contributed by atoms with Crippen molar-refractivity contribution in [2.45, 2.75) is 229 Å². The molecule has 4 saturated carbocycles. The number of hydrogen-bond donors (Lipinski definition) is 3. The minimum atomic E-state index is -3.85. The standard InChI is InChI=1S/C35H44FN3O9S.C28H42N2O8S.C7H3ClFNO/c1-34(2,3)48-30(41)15-21-9-7-5-4-6-8-10-22-18-35(22,32(43)38-49(44,45)25-12-13-25)19-28(40)27-17-24(20-39(27)31(21)42)46-33-37-26-14-11-23(36)16-29(26)47-33;1-27(2,3)38-24(33)13-18-9-7-5-4-6-8-10-19-15-28(19,26(35)29-39(36,37)21-11-12-21)16-23(32)22-14-20(31)17-30(22)25(18)34;8-7-10-5-2-1-4(9)3-6(5)11-7/h8,10-11,14,16,21-22,24-25,27H,4-7,9,12-13,15,17-20H2,1-3H3,(H,38,43);8,10,18-22,31H,4-7,9,11-17H2,1-3H3,(H,29,35);1-3H/b2*10-8-;/t21-,22-,24-,27+,35-;18-,19-,20-,22+,28-;/m11./s1. The minimum absolute atomic E-state index is 0.0221. The minimum Gasteiger partial charge on any atom is -0.460 e. The maximum absolute atomic E-state index is 14.3. The Morgan fingerprint density at radius 1 is 0.626 bits per heavy atom. The van der Waals surface area contributed by atoms with E-state index in [-0.39, 0.29) is 98.0 Å². The van der Waals surface area contributed by atoms with Crippen molar-refractivity contribution >= 4 is 101 Å². The van der Waals surface area contributed by atoms with Crippen LogP contribution in [0.1, 0.15) is 183 Å². The van der Waals surface area contributed by atoms with Gasteiger partial charge in [0, 0.05) is 56.2 Å². The van der Waals surface area contributed by atoms with E-state index in [9.17, 15) is 69.1 Å². The second kappa shape index (κ2) is 30.2. The predicted molar refractivity (Wildman–Crippen MR) is 356 cm³/mol. The molecule has 6 fully saturated rings. The maximum Gasteiger partial charge on any atom is 0.394 e. The molecule has 4 amide bonds. The number of sulfonamides is 2. The number of nitrogens with zero attached hydrogens (tertiary/aromatic N) is 4. The molecule has 540 valence electrons. The van der Waals surface area contributed by atoms with Crippen molar-refractivity contribution in [3.05, 3.63) is 77.7 Å². The van der Waals surface area contributed by atoms with Crippen molar-refractivity contribution in [1.29, 1.82) is 0 Å². The molecule has 2 aromatic carbocycles. The van der Waals surface area contributed by atoms with Crippen LogP contribution in [-0.2, 0) is 67.9 Å². The van der Waals surface area contributed by atoms with Crippen LogP contribution < -0.4 is 14.2 Å². The van der Waals surface area contributed by atoms with Crippen LogP contribution >= 0.6 is 11.6 Å². The lowest BCUT2D eigenvalue weighted by Crippen LogP contribution is -2.46. The van der Waals surface area contributed by atoms with E-state index in [1.54, 1.807) is 41.5 Å². The zero-order valence-electron chi connectivity index (χ0n) is 56.6. The number of carbonyl (C=O) groups excluding carboxylic acids is 8. The molecule has 8 aliphatic rings. The third kappa shape index (κ3) is 19.3. The first-order valence-corrected chi connectivity index (χ1v) is 37.8. The highest BCUT2D eigenvalue weighted by molar-refractivity contribution is 7.91. The van der Waals surface area contributed by atoms with Crippen LogP contribution in [-0.4, -0.2) is 148 Å². The SMILES string of the molecule is CC(C)(C)OC(=O)C[C@H]1CCCCC/C=C\[C@@H]2C[C@@]2(C(=O)NS(=O)(=O)C2CC2)CC(=O)[C@@H]2C[C@@H](O)CN2C1=O.CC(C)(C)OC(=O)C[C@H]1CCCCC/C=C\[C@@H]2C[C@@]2(C(=O)NS(=O)(=O)C2CC2)CC(=O)[C@@H]2C[C@@H](Oc3nc4ccc(F)cc4o3)CN2C1=O.Fc1ccc2nc(Cl)oc2c1. The molecule has 4 aliphatic carbocycles. The summed E-state index contributed by atoms with van der Waals surface area (Å²) in [5, 5.41) is 9.30. The van der Waals surface area contributed by atoms with Gasteiger partial charge in [-0.05, 0) is 166 Å². The number of nitrogens with one attached hydrogen (secondary N) is 2. The van der Waals surface area contributed by atoms with E-state index >= 15 is 0 Å². The molecule has 2 aromatic heterocycles. The Kier molecular flexibility index (Phi) is 22.7. The fourth-order valence-electron chi connectivity index (χ4n) is 13.7. The summed E-state index contributed by atoms with van der Waals surface area (Å²) in [6.45, 7) is 10.5. The third-order valence-electron chi connectivity index (χ3n) is 19.3. The molecular formula is C70H89ClF2N6O18S2. The first-order chi connectivity index (χ1) is 46.6. The van der Waals surface area contributed by atoms with Crippen LogP contribution in [0.25, 0.3) is 22.2 Å². The molecule has 0 bridgehead atoms. The summed E-state index contributed by atoms with van der Waals surface area (Å²) >= 11 is 5.44. The molecule has 0 radical (unpaired) electrons. The first kappa shape index (κ1) is 74.5. The number of aromatic nitrogens is 2. The number of aliphatic hydroxyl groups is 1. The van der Waals surface area contributed by atoms with Crippen LogP contribution in [0.5, 0.6) is 6.08 Å². The number of oxazole rings is 2. The molecule has 2 saturated heterocycles. The van der Waals surface area contributed by atoms with E-state index in [0.29, 0.717) is 74.4 Å². The van der Waals surface area contributed by atoms with Crippen molar-refractivity contribution in [3.8, 4) is 6.08 Å². The van der Waals surface area contributed by atoms with Gasteiger partial charge in [-0.15, -0.1) is 0 Å². The van der Waals surface area contributed by atoms with Crippen molar-refractivity contribution in [1.82, 2.24) is 29.2 Å². The number of allylic oxidation sites excluding steroid dienone is 4. The lowest BCUT2D eigenvalue weighted by Gasteiger charge is -2.29. The van der Waals surface area contributed by atoms with Crippen LogP contribution in [0.2, 0.25) is 5.35 Å². The van der Waals surface area contributed by atoms with Crippen molar-refractivity contribution in [2.75, 3.05) is 13.1 Å². The van der Waals surface area contributed by atoms with Crippen LogP contribution in [0, 0.1) is 46.1 Å². The van der Waals surface area contributed by atoms with Crippen LogP contribution in [0.3, 0.4) is 0 Å². The Hall–Kier alpha value is -7.17. The van der Waals surface area contributed by atoms with Gasteiger partial charge in [-0.3, -0.25) is 47.8 Å². The van der Waals surface area contributed by atoms with Gasteiger partial charge in [0.2, 0.25) is 43.7 Å². The van der Waals surface area contributed by atoms with Gasteiger partial charge in [0.1, 0.15) is 40.0 Å². The first-order valence-electron chi connectivity index (χ1n) is 34.3. The number of aliphatic hydroxyl groups excluding tert-OH is 1. The van der Waals surface area contributed by atoms with Gasteiger partial charge in [-0.2, -0.15) is 9.97 Å². The molecule has 12 rings (SSSR count). The molecule has 4 aliphatic heterocycles. The summed E-state index contributed by atoms with van der Waals surface area (Å²) in [4.78, 5) is 119. The van der Waals surface area contributed by atoms with Gasteiger partial charge in [-0.25, -0.2) is 25.6 Å². The molecule has 3 N–H and O–H groups in total. The molecule has 0 unspecified atom stereocenters. The molecule has 29 heteroatoms. The molecule has 10 atom stereocenters. The zero-order valence-corrected chi connectivity index (χ0v) is 59.0. The summed E-state index contributed by atoms with van der Waals surface area (Å²) in [6, 6.07) is 5.98. The number of halogens is 3. The average molecular weight is 1440 g/mol. The van der Waals surface area contributed by atoms with E-state index in [1.165, 1.54) is 46.2 Å². The number of esters is 2. The highest BCUT2D eigenvalue weighted by Gasteiger charge is 2.63. The second-order valence-electron chi connectivity index (χ2n) is 29.7. The summed E-state index contributed by atoms with van der Waals surface area (Å²) < 4.78 is 109. The van der Waals surface area contributed by atoms with Crippen LogP contribution in [0.15, 0.2) is 69.5 Å². The van der Waals surface area contributed by atoms with Gasteiger partial charge in [0.25, 0.3) is 5.35 Å². The van der Waals surface area contributed by atoms with E-state index < -0.39 is 130 Å². The Morgan fingerprint density at radius 3 is 1.54 bits per heavy atom. The van der Waals surface area contributed by atoms with E-state index in [1.807, 2.05) is 24.3 Å². The van der Waals surface area contributed by atoms with Crippen molar-refractivity contribution in [2.24, 2.45) is 34.5 Å². The number of hydrogen-bond acceptors (Lipinski definition) is 20. The fourth-order valence-corrected chi connectivity index (χ4v) is 16.6. The average Bonchev–Trinajstić information content (AvgIpc) is 1.58. The summed E-state index contributed by atoms with van der Waals surface area (Å²) in [5.41, 5.74) is -2.41.